The number of ether oxygens (including phenoxy) is 1. The fourth-order valence-corrected chi connectivity index (χ4v) is 3.72. The molecule has 0 spiro atoms. The predicted molar refractivity (Wildman–Crippen MR) is 105 cm³/mol. The van der Waals surface area contributed by atoms with E-state index in [1.165, 1.54) is 0 Å². The SMILES string of the molecule is CN1CCC(Oc2ccc(NC(=O)CN(C)C3CCNCC3)cc2)CC1. The molecule has 2 heterocycles. The van der Waals surface area contributed by atoms with Crippen LogP contribution in [0.15, 0.2) is 24.3 Å². The molecule has 2 saturated heterocycles. The van der Waals surface area contributed by atoms with Crippen LogP contribution in [0.2, 0.25) is 0 Å². The lowest BCUT2D eigenvalue weighted by Gasteiger charge is -2.31. The van der Waals surface area contributed by atoms with E-state index in [0.29, 0.717) is 18.7 Å². The van der Waals surface area contributed by atoms with Crippen LogP contribution in [0.25, 0.3) is 0 Å². The van der Waals surface area contributed by atoms with Crippen molar-refractivity contribution >= 4 is 11.6 Å². The third kappa shape index (κ3) is 5.69. The number of rotatable bonds is 6. The highest BCUT2D eigenvalue weighted by Gasteiger charge is 2.20. The van der Waals surface area contributed by atoms with Gasteiger partial charge in [0.25, 0.3) is 0 Å². The van der Waals surface area contributed by atoms with E-state index in [9.17, 15) is 4.79 Å². The monoisotopic (exact) mass is 360 g/mol. The standard InChI is InChI=1S/C20H32N4O2/c1-23-13-9-19(10-14-23)26-18-5-3-16(4-6-18)22-20(25)15-24(2)17-7-11-21-12-8-17/h3-6,17,19,21H,7-15H2,1-2H3,(H,22,25). The molecule has 144 valence electrons. The Morgan fingerprint density at radius 1 is 1.19 bits per heavy atom. The molecule has 2 fully saturated rings. The summed E-state index contributed by atoms with van der Waals surface area (Å²) >= 11 is 0. The average Bonchev–Trinajstić information content (AvgIpc) is 2.66. The Balaban J connectivity index is 1.43. The van der Waals surface area contributed by atoms with E-state index >= 15 is 0 Å². The van der Waals surface area contributed by atoms with Crippen LogP contribution in [-0.2, 0) is 4.79 Å². The second-order valence-electron chi connectivity index (χ2n) is 7.59. The topological polar surface area (TPSA) is 56.8 Å². The third-order valence-corrected chi connectivity index (χ3v) is 5.43. The normalized spacial score (nSPS) is 20.3. The number of likely N-dealkylation sites (N-methyl/N-ethyl adjacent to an activating group) is 1. The first-order valence-electron chi connectivity index (χ1n) is 9.76. The molecule has 0 aliphatic carbocycles. The van der Waals surface area contributed by atoms with Crippen molar-refractivity contribution in [3.05, 3.63) is 24.3 Å². The Hall–Kier alpha value is -1.63. The second-order valence-corrected chi connectivity index (χ2v) is 7.59. The first-order valence-corrected chi connectivity index (χ1v) is 9.76. The number of nitrogens with zero attached hydrogens (tertiary/aromatic N) is 2. The lowest BCUT2D eigenvalue weighted by molar-refractivity contribution is -0.117. The highest BCUT2D eigenvalue weighted by molar-refractivity contribution is 5.92. The van der Waals surface area contributed by atoms with Crippen LogP contribution in [0.5, 0.6) is 5.75 Å². The Kier molecular flexibility index (Phi) is 6.88. The van der Waals surface area contributed by atoms with Gasteiger partial charge < -0.3 is 20.3 Å². The van der Waals surface area contributed by atoms with Crippen molar-refractivity contribution in [2.75, 3.05) is 52.1 Å². The van der Waals surface area contributed by atoms with Crippen LogP contribution in [-0.4, -0.2) is 74.7 Å². The number of carbonyl (C=O) groups excluding carboxylic acids is 1. The van der Waals surface area contributed by atoms with Crippen LogP contribution in [0.3, 0.4) is 0 Å². The molecular formula is C20H32N4O2. The van der Waals surface area contributed by atoms with Crippen molar-refractivity contribution in [3.8, 4) is 5.75 Å². The van der Waals surface area contributed by atoms with Crippen LogP contribution in [0, 0.1) is 0 Å². The van der Waals surface area contributed by atoms with Gasteiger partial charge in [0.05, 0.1) is 6.54 Å². The Morgan fingerprint density at radius 3 is 2.50 bits per heavy atom. The molecule has 1 amide bonds. The number of carbonyl (C=O) groups is 1. The van der Waals surface area contributed by atoms with Crippen molar-refractivity contribution in [3.63, 3.8) is 0 Å². The Labute approximate surface area is 156 Å². The number of piperidine rings is 2. The molecule has 6 heteroatoms. The molecule has 1 aromatic carbocycles. The van der Waals surface area contributed by atoms with Crippen LogP contribution in [0.1, 0.15) is 25.7 Å². The zero-order chi connectivity index (χ0) is 18.4. The zero-order valence-electron chi connectivity index (χ0n) is 16.0. The first-order chi connectivity index (χ1) is 12.6. The van der Waals surface area contributed by atoms with E-state index in [1.807, 2.05) is 31.3 Å². The fourth-order valence-electron chi connectivity index (χ4n) is 3.72. The van der Waals surface area contributed by atoms with Gasteiger partial charge in [0.2, 0.25) is 5.91 Å². The molecule has 3 rings (SSSR count). The summed E-state index contributed by atoms with van der Waals surface area (Å²) in [6.07, 6.45) is 4.64. The number of nitrogens with one attached hydrogen (secondary N) is 2. The number of hydrogen-bond donors (Lipinski definition) is 2. The van der Waals surface area contributed by atoms with Gasteiger partial charge in [-0.25, -0.2) is 0 Å². The molecule has 2 aliphatic heterocycles. The van der Waals surface area contributed by atoms with Crippen LogP contribution >= 0.6 is 0 Å². The minimum atomic E-state index is 0.0371. The number of amides is 1. The largest absolute Gasteiger partial charge is 0.490 e. The molecule has 1 aromatic rings. The summed E-state index contributed by atoms with van der Waals surface area (Å²) in [7, 11) is 4.18. The number of anilines is 1. The molecule has 0 saturated carbocycles. The van der Waals surface area contributed by atoms with Gasteiger partial charge in [0.15, 0.2) is 0 Å². The van der Waals surface area contributed by atoms with Gasteiger partial charge in [-0.05, 0) is 77.1 Å². The lowest BCUT2D eigenvalue weighted by Crippen LogP contribution is -2.44. The molecule has 0 atom stereocenters. The van der Waals surface area contributed by atoms with E-state index < -0.39 is 0 Å². The molecule has 6 nitrogen and oxygen atoms in total. The van der Waals surface area contributed by atoms with Gasteiger partial charge in [-0.15, -0.1) is 0 Å². The predicted octanol–water partition coefficient (Wildman–Crippen LogP) is 1.78. The minimum absolute atomic E-state index is 0.0371. The second kappa shape index (κ2) is 9.35. The molecular weight excluding hydrogens is 328 g/mol. The van der Waals surface area contributed by atoms with Crippen LogP contribution < -0.4 is 15.4 Å². The first kappa shape index (κ1) is 19.1. The van der Waals surface area contributed by atoms with E-state index in [0.717, 1.165) is 63.3 Å². The molecule has 2 N–H and O–H groups in total. The van der Waals surface area contributed by atoms with Gasteiger partial charge in [-0.1, -0.05) is 0 Å². The maximum absolute atomic E-state index is 12.3. The highest BCUT2D eigenvalue weighted by atomic mass is 16.5. The average molecular weight is 361 g/mol. The molecule has 0 unspecified atom stereocenters. The van der Waals surface area contributed by atoms with Gasteiger partial charge in [0, 0.05) is 24.8 Å². The van der Waals surface area contributed by atoms with E-state index in [-0.39, 0.29) is 5.91 Å². The summed E-state index contributed by atoms with van der Waals surface area (Å²) in [5.74, 6) is 0.916. The summed E-state index contributed by atoms with van der Waals surface area (Å²) in [6.45, 7) is 4.68. The number of likely N-dealkylation sites (tertiary alicyclic amines) is 1. The van der Waals surface area contributed by atoms with Gasteiger partial charge >= 0.3 is 0 Å². The summed E-state index contributed by atoms with van der Waals surface area (Å²) < 4.78 is 6.05. The Bertz CT molecular complexity index is 564. The Morgan fingerprint density at radius 2 is 1.85 bits per heavy atom. The number of hydrogen-bond acceptors (Lipinski definition) is 5. The summed E-state index contributed by atoms with van der Waals surface area (Å²) in [4.78, 5) is 16.8. The van der Waals surface area contributed by atoms with Gasteiger partial charge in [-0.3, -0.25) is 9.69 Å². The van der Waals surface area contributed by atoms with Gasteiger partial charge in [0.1, 0.15) is 11.9 Å². The van der Waals surface area contributed by atoms with E-state index in [4.69, 9.17) is 4.74 Å². The van der Waals surface area contributed by atoms with Crippen molar-refractivity contribution in [1.29, 1.82) is 0 Å². The third-order valence-electron chi connectivity index (χ3n) is 5.43. The van der Waals surface area contributed by atoms with Crippen molar-refractivity contribution in [2.45, 2.75) is 37.8 Å². The van der Waals surface area contributed by atoms with Gasteiger partial charge in [-0.2, -0.15) is 0 Å². The smallest absolute Gasteiger partial charge is 0.238 e. The minimum Gasteiger partial charge on any atom is -0.490 e. The summed E-state index contributed by atoms with van der Waals surface area (Å²) in [5.41, 5.74) is 0.824. The number of benzene rings is 1. The van der Waals surface area contributed by atoms with E-state index in [2.05, 4.69) is 27.5 Å². The van der Waals surface area contributed by atoms with Crippen molar-refractivity contribution in [1.82, 2.24) is 15.1 Å². The maximum atomic E-state index is 12.3. The summed E-state index contributed by atoms with van der Waals surface area (Å²) in [6, 6.07) is 8.24. The molecule has 0 radical (unpaired) electrons. The molecule has 0 aromatic heterocycles. The zero-order valence-corrected chi connectivity index (χ0v) is 16.0. The van der Waals surface area contributed by atoms with Crippen molar-refractivity contribution < 1.29 is 9.53 Å². The maximum Gasteiger partial charge on any atom is 0.238 e. The summed E-state index contributed by atoms with van der Waals surface area (Å²) in [5, 5.41) is 6.35. The van der Waals surface area contributed by atoms with Crippen molar-refractivity contribution in [2.24, 2.45) is 0 Å². The quantitative estimate of drug-likeness (QED) is 0.810. The van der Waals surface area contributed by atoms with E-state index in [1.54, 1.807) is 0 Å². The fraction of sp³-hybridized carbons (Fsp3) is 0.650. The lowest BCUT2D eigenvalue weighted by atomic mass is 10.1. The van der Waals surface area contributed by atoms with Crippen LogP contribution in [0.4, 0.5) is 5.69 Å². The molecule has 0 bridgehead atoms. The molecule has 26 heavy (non-hydrogen) atoms. The molecule has 2 aliphatic rings. The highest BCUT2D eigenvalue weighted by Crippen LogP contribution is 2.21.